The number of amides is 1. The molecule has 0 saturated carbocycles. The van der Waals surface area contributed by atoms with Gasteiger partial charge in [-0.3, -0.25) is 4.79 Å². The van der Waals surface area contributed by atoms with Crippen molar-refractivity contribution in [1.82, 2.24) is 4.90 Å². The summed E-state index contributed by atoms with van der Waals surface area (Å²) in [5.74, 6) is 0.190. The first-order valence-corrected chi connectivity index (χ1v) is 12.2. The largest absolute Gasteiger partial charge is 0.478 e. The number of halogens is 1. The van der Waals surface area contributed by atoms with Crippen LogP contribution in [0.3, 0.4) is 0 Å². The number of aliphatic hydroxyl groups is 1. The van der Waals surface area contributed by atoms with Gasteiger partial charge in [-0.2, -0.15) is 0 Å². The molecule has 2 aromatic rings. The lowest BCUT2D eigenvalue weighted by atomic mass is 9.99. The summed E-state index contributed by atoms with van der Waals surface area (Å²) < 4.78 is 20.5. The minimum atomic E-state index is -0.618. The van der Waals surface area contributed by atoms with E-state index in [1.165, 1.54) is 12.1 Å². The third-order valence-electron chi connectivity index (χ3n) is 7.15. The monoisotopic (exact) mass is 468 g/mol. The molecular formula is C26H33FN4O3. The summed E-state index contributed by atoms with van der Waals surface area (Å²) in [4.78, 5) is 19.7. The average molecular weight is 469 g/mol. The fraction of sp³-hybridized carbons (Fsp3) is 0.500. The molecule has 7 nitrogen and oxygen atoms in total. The molecule has 0 spiro atoms. The van der Waals surface area contributed by atoms with Gasteiger partial charge < -0.3 is 29.9 Å². The number of likely N-dealkylation sites (N-methyl/N-ethyl adjacent to an activating group) is 1. The van der Waals surface area contributed by atoms with Crippen molar-refractivity contribution < 1.29 is 19.0 Å². The Morgan fingerprint density at radius 1 is 1.00 bits per heavy atom. The third-order valence-corrected chi connectivity index (χ3v) is 7.15. The van der Waals surface area contributed by atoms with Crippen molar-refractivity contribution in [1.29, 1.82) is 0 Å². The molecule has 2 N–H and O–H groups in total. The zero-order valence-corrected chi connectivity index (χ0v) is 19.7. The fourth-order valence-corrected chi connectivity index (χ4v) is 5.01. The molecule has 3 aliphatic heterocycles. The summed E-state index contributed by atoms with van der Waals surface area (Å²) in [6.45, 7) is 5.08. The highest BCUT2D eigenvalue weighted by Gasteiger charge is 2.31. The Balaban J connectivity index is 1.25. The molecule has 5 rings (SSSR count). The van der Waals surface area contributed by atoms with Gasteiger partial charge in [0.1, 0.15) is 11.6 Å². The Hall–Kier alpha value is -2.84. The van der Waals surface area contributed by atoms with Gasteiger partial charge in [0, 0.05) is 56.7 Å². The first-order valence-electron chi connectivity index (χ1n) is 12.2. The molecule has 1 atom stereocenters. The van der Waals surface area contributed by atoms with E-state index in [4.69, 9.17) is 4.74 Å². The fourth-order valence-electron chi connectivity index (χ4n) is 5.01. The van der Waals surface area contributed by atoms with Crippen LogP contribution in [0.5, 0.6) is 5.75 Å². The number of hydrogen-bond donors (Lipinski definition) is 2. The second kappa shape index (κ2) is 9.80. The summed E-state index contributed by atoms with van der Waals surface area (Å²) in [6.07, 6.45) is 1.85. The van der Waals surface area contributed by atoms with Crippen molar-refractivity contribution in [2.75, 3.05) is 61.4 Å². The SMILES string of the molecule is CN1CCN(c2cc(F)cc3c2OC(C(=O)Nc2ccc(N4CCC(O)CC4)cc2)CC3)CC1. The Kier molecular flexibility index (Phi) is 6.61. The number of aliphatic hydroxyl groups excluding tert-OH is 1. The van der Waals surface area contributed by atoms with Gasteiger partial charge in [-0.25, -0.2) is 4.39 Å². The quantitative estimate of drug-likeness (QED) is 0.719. The number of nitrogens with one attached hydrogen (secondary N) is 1. The molecular weight excluding hydrogens is 435 g/mol. The maximum Gasteiger partial charge on any atom is 0.265 e. The Labute approximate surface area is 200 Å². The molecule has 1 amide bonds. The molecule has 34 heavy (non-hydrogen) atoms. The van der Waals surface area contributed by atoms with E-state index in [-0.39, 0.29) is 17.8 Å². The summed E-state index contributed by atoms with van der Waals surface area (Å²) in [5, 5.41) is 12.7. The van der Waals surface area contributed by atoms with Gasteiger partial charge in [-0.1, -0.05) is 0 Å². The minimum Gasteiger partial charge on any atom is -0.478 e. The number of nitrogens with zero attached hydrogens (tertiary/aromatic N) is 3. The zero-order valence-electron chi connectivity index (χ0n) is 19.7. The average Bonchev–Trinajstić information content (AvgIpc) is 2.85. The molecule has 8 heteroatoms. The smallest absolute Gasteiger partial charge is 0.265 e. The number of aryl methyl sites for hydroxylation is 1. The molecule has 2 aromatic carbocycles. The van der Waals surface area contributed by atoms with E-state index < -0.39 is 6.10 Å². The molecule has 0 radical (unpaired) electrons. The number of piperazine rings is 1. The summed E-state index contributed by atoms with van der Waals surface area (Å²) in [7, 11) is 2.08. The van der Waals surface area contributed by atoms with Crippen LogP contribution in [0.2, 0.25) is 0 Å². The second-order valence-electron chi connectivity index (χ2n) is 9.60. The van der Waals surface area contributed by atoms with Gasteiger partial charge in [0.2, 0.25) is 0 Å². The Bertz CT molecular complexity index is 1020. The standard InChI is InChI=1S/C26H33FN4O3/c1-29-12-14-31(15-13-29)23-17-19(27)16-18-2-7-24(34-25(18)23)26(33)28-20-3-5-21(6-4-20)30-10-8-22(32)9-11-30/h3-6,16-17,22,24,32H,2,7-15H2,1H3,(H,28,33). The molecule has 2 saturated heterocycles. The van der Waals surface area contributed by atoms with Crippen molar-refractivity contribution >= 4 is 23.0 Å². The predicted molar refractivity (Wildman–Crippen MR) is 131 cm³/mol. The number of hydrogen-bond acceptors (Lipinski definition) is 6. The van der Waals surface area contributed by atoms with Crippen LogP contribution in [-0.2, 0) is 11.2 Å². The minimum absolute atomic E-state index is 0.187. The maximum absolute atomic E-state index is 14.3. The highest BCUT2D eigenvalue weighted by atomic mass is 19.1. The number of anilines is 3. The molecule has 0 aliphatic carbocycles. The molecule has 3 aliphatic rings. The Morgan fingerprint density at radius 3 is 2.41 bits per heavy atom. The van der Waals surface area contributed by atoms with Gasteiger partial charge in [-0.05, 0) is 68.6 Å². The number of piperidine rings is 1. The van der Waals surface area contributed by atoms with E-state index in [1.807, 2.05) is 24.3 Å². The summed E-state index contributed by atoms with van der Waals surface area (Å²) >= 11 is 0. The van der Waals surface area contributed by atoms with Crippen LogP contribution < -0.4 is 19.9 Å². The van der Waals surface area contributed by atoms with Gasteiger partial charge in [0.05, 0.1) is 11.8 Å². The van der Waals surface area contributed by atoms with Crippen molar-refractivity contribution in [3.05, 3.63) is 47.8 Å². The molecule has 182 valence electrons. The molecule has 3 heterocycles. The van der Waals surface area contributed by atoms with Crippen LogP contribution >= 0.6 is 0 Å². The van der Waals surface area contributed by atoms with Crippen LogP contribution in [0, 0.1) is 5.82 Å². The van der Waals surface area contributed by atoms with Crippen molar-refractivity contribution in [2.45, 2.75) is 37.9 Å². The number of carbonyl (C=O) groups excluding carboxylic acids is 1. The van der Waals surface area contributed by atoms with E-state index in [2.05, 4.69) is 27.1 Å². The van der Waals surface area contributed by atoms with Crippen molar-refractivity contribution in [3.63, 3.8) is 0 Å². The van der Waals surface area contributed by atoms with E-state index in [1.54, 1.807) is 0 Å². The maximum atomic E-state index is 14.3. The number of carbonyl (C=O) groups is 1. The van der Waals surface area contributed by atoms with Gasteiger partial charge >= 0.3 is 0 Å². The molecule has 1 unspecified atom stereocenters. The second-order valence-corrected chi connectivity index (χ2v) is 9.60. The predicted octanol–water partition coefficient (Wildman–Crippen LogP) is 2.87. The third kappa shape index (κ3) is 4.98. The first kappa shape index (κ1) is 22.9. The van der Waals surface area contributed by atoms with Gasteiger partial charge in [0.15, 0.2) is 6.10 Å². The number of fused-ring (bicyclic) bond motifs is 1. The number of ether oxygens (including phenoxy) is 1. The summed E-state index contributed by atoms with van der Waals surface area (Å²) in [5.41, 5.74) is 3.38. The van der Waals surface area contributed by atoms with Crippen LogP contribution in [0.4, 0.5) is 21.5 Å². The lowest BCUT2D eigenvalue weighted by Gasteiger charge is -2.37. The normalized spacial score (nSPS) is 21.7. The van der Waals surface area contributed by atoms with Crippen molar-refractivity contribution in [2.24, 2.45) is 0 Å². The molecule has 0 bridgehead atoms. The topological polar surface area (TPSA) is 68.3 Å². The van der Waals surface area contributed by atoms with E-state index in [0.717, 1.165) is 74.7 Å². The lowest BCUT2D eigenvalue weighted by Crippen LogP contribution is -2.45. The van der Waals surface area contributed by atoms with Gasteiger partial charge in [0.25, 0.3) is 5.91 Å². The molecule has 0 aromatic heterocycles. The van der Waals surface area contributed by atoms with E-state index >= 15 is 0 Å². The number of rotatable bonds is 4. The van der Waals surface area contributed by atoms with Crippen molar-refractivity contribution in [3.8, 4) is 5.75 Å². The number of benzene rings is 2. The Morgan fingerprint density at radius 2 is 1.71 bits per heavy atom. The first-order chi connectivity index (χ1) is 16.5. The van der Waals surface area contributed by atoms with E-state index in [0.29, 0.717) is 18.6 Å². The van der Waals surface area contributed by atoms with E-state index in [9.17, 15) is 14.3 Å². The highest BCUT2D eigenvalue weighted by molar-refractivity contribution is 5.95. The van der Waals surface area contributed by atoms with Gasteiger partial charge in [-0.15, -0.1) is 0 Å². The zero-order chi connectivity index (χ0) is 23.7. The van der Waals surface area contributed by atoms with Crippen LogP contribution in [-0.4, -0.2) is 74.4 Å². The molecule has 2 fully saturated rings. The lowest BCUT2D eigenvalue weighted by molar-refractivity contribution is -0.123. The van der Waals surface area contributed by atoms with Crippen LogP contribution in [0.25, 0.3) is 0 Å². The van der Waals surface area contributed by atoms with Crippen LogP contribution in [0.15, 0.2) is 36.4 Å². The highest BCUT2D eigenvalue weighted by Crippen LogP contribution is 2.39. The van der Waals surface area contributed by atoms with Crippen LogP contribution in [0.1, 0.15) is 24.8 Å². The summed E-state index contributed by atoms with van der Waals surface area (Å²) in [6, 6.07) is 10.9.